The molecule has 2 aromatic rings. The van der Waals surface area contributed by atoms with E-state index in [-0.39, 0.29) is 17.3 Å². The lowest BCUT2D eigenvalue weighted by molar-refractivity contribution is 0.300. The van der Waals surface area contributed by atoms with E-state index in [1.165, 1.54) is 10.4 Å². The van der Waals surface area contributed by atoms with Gasteiger partial charge in [0, 0.05) is 18.7 Å². The fourth-order valence-electron chi connectivity index (χ4n) is 2.93. The van der Waals surface area contributed by atoms with Crippen molar-refractivity contribution in [2.24, 2.45) is 0 Å². The van der Waals surface area contributed by atoms with Crippen molar-refractivity contribution in [2.75, 3.05) is 13.1 Å². The lowest BCUT2D eigenvalue weighted by atomic mass is 9.96. The Labute approximate surface area is 134 Å². The van der Waals surface area contributed by atoms with Gasteiger partial charge in [0.25, 0.3) is 0 Å². The molecule has 0 aliphatic carbocycles. The van der Waals surface area contributed by atoms with Gasteiger partial charge in [-0.05, 0) is 54.3 Å². The summed E-state index contributed by atoms with van der Waals surface area (Å²) in [7, 11) is -3.42. The van der Waals surface area contributed by atoms with E-state index in [1.54, 1.807) is 31.2 Å². The van der Waals surface area contributed by atoms with Gasteiger partial charge in [-0.15, -0.1) is 0 Å². The predicted molar refractivity (Wildman–Crippen MR) is 84.3 cm³/mol. The molecule has 2 aliphatic rings. The number of rotatable bonds is 2. The number of halogens is 1. The monoisotopic (exact) mass is 333 g/mol. The highest BCUT2D eigenvalue weighted by Crippen LogP contribution is 2.40. The first-order valence-electron chi connectivity index (χ1n) is 7.53. The molecule has 2 aromatic carbocycles. The summed E-state index contributed by atoms with van der Waals surface area (Å²) >= 11 is 0. The van der Waals surface area contributed by atoms with E-state index >= 15 is 0 Å². The predicted octanol–water partition coefficient (Wildman–Crippen LogP) is 3.09. The Kier molecular flexibility index (Phi) is 3.21. The molecule has 0 N–H and O–H groups in total. The topological polar surface area (TPSA) is 46.6 Å². The minimum absolute atomic E-state index is 0.274. The largest absolute Gasteiger partial charge is 0.488 e. The van der Waals surface area contributed by atoms with Crippen LogP contribution in [0.5, 0.6) is 5.75 Å². The number of fused-ring (bicyclic) bond motifs is 3. The van der Waals surface area contributed by atoms with Gasteiger partial charge in [0.1, 0.15) is 18.2 Å². The number of hydrogen-bond acceptors (Lipinski definition) is 3. The molecule has 120 valence electrons. The van der Waals surface area contributed by atoms with Crippen LogP contribution in [0, 0.1) is 12.7 Å². The maximum atomic E-state index is 13.9. The Morgan fingerprint density at radius 3 is 2.61 bits per heavy atom. The quantitative estimate of drug-likeness (QED) is 0.848. The van der Waals surface area contributed by atoms with Gasteiger partial charge >= 0.3 is 0 Å². The summed E-state index contributed by atoms with van der Waals surface area (Å²) in [6.45, 7) is 3.13. The molecular formula is C17H16FNO3S. The van der Waals surface area contributed by atoms with Crippen molar-refractivity contribution >= 4 is 10.0 Å². The second-order valence-electron chi connectivity index (χ2n) is 5.96. The number of sulfonamides is 1. The lowest BCUT2D eigenvalue weighted by Gasteiger charge is -2.30. The van der Waals surface area contributed by atoms with Gasteiger partial charge in [0.05, 0.1) is 4.90 Å². The van der Waals surface area contributed by atoms with Gasteiger partial charge in [0.15, 0.2) is 0 Å². The van der Waals surface area contributed by atoms with Gasteiger partial charge < -0.3 is 4.74 Å². The molecule has 0 aromatic heterocycles. The van der Waals surface area contributed by atoms with Crippen molar-refractivity contribution < 1.29 is 17.5 Å². The van der Waals surface area contributed by atoms with E-state index in [0.29, 0.717) is 30.0 Å². The lowest BCUT2D eigenvalue weighted by Crippen LogP contribution is -2.41. The molecular weight excluding hydrogens is 317 g/mol. The van der Waals surface area contributed by atoms with Crippen molar-refractivity contribution in [1.82, 2.24) is 4.31 Å². The molecule has 0 bridgehead atoms. The standard InChI is InChI=1S/C17H16FNO3S/c1-11-7-17-15(9-16(11)18)14-4-3-13(8-12(14)10-22-17)23(20,21)19-5-2-6-19/h3-4,7-9H,2,5-6,10H2,1H3. The van der Waals surface area contributed by atoms with Crippen LogP contribution in [-0.4, -0.2) is 25.8 Å². The Morgan fingerprint density at radius 1 is 1.13 bits per heavy atom. The molecule has 4 nitrogen and oxygen atoms in total. The molecule has 0 spiro atoms. The van der Waals surface area contributed by atoms with E-state index < -0.39 is 10.0 Å². The van der Waals surface area contributed by atoms with Crippen molar-refractivity contribution in [1.29, 1.82) is 0 Å². The summed E-state index contributed by atoms with van der Waals surface area (Å²) in [5.74, 6) is 0.340. The normalized spacial score (nSPS) is 17.0. The Bertz CT molecular complexity index is 904. The maximum Gasteiger partial charge on any atom is 0.243 e. The molecule has 6 heteroatoms. The first kappa shape index (κ1) is 14.7. The van der Waals surface area contributed by atoms with Crippen LogP contribution in [0.2, 0.25) is 0 Å². The van der Waals surface area contributed by atoms with Crippen LogP contribution < -0.4 is 4.74 Å². The van der Waals surface area contributed by atoms with Gasteiger partial charge in [-0.1, -0.05) is 6.07 Å². The van der Waals surface area contributed by atoms with Crippen LogP contribution in [0.4, 0.5) is 4.39 Å². The third-order valence-corrected chi connectivity index (χ3v) is 6.36. The molecule has 1 saturated heterocycles. The zero-order chi connectivity index (χ0) is 16.2. The number of nitrogens with zero attached hydrogens (tertiary/aromatic N) is 1. The van der Waals surface area contributed by atoms with Gasteiger partial charge in [-0.2, -0.15) is 4.31 Å². The smallest absolute Gasteiger partial charge is 0.243 e. The van der Waals surface area contributed by atoms with Crippen LogP contribution in [-0.2, 0) is 16.6 Å². The van der Waals surface area contributed by atoms with Crippen molar-refractivity contribution in [3.05, 3.63) is 47.3 Å². The van der Waals surface area contributed by atoms with Gasteiger partial charge in [-0.3, -0.25) is 0 Å². The third-order valence-electron chi connectivity index (χ3n) is 4.46. The SMILES string of the molecule is Cc1cc2c(cc1F)-c1ccc(S(=O)(=O)N3CCC3)cc1CO2. The molecule has 4 rings (SSSR count). The van der Waals surface area contributed by atoms with E-state index in [9.17, 15) is 12.8 Å². The summed E-state index contributed by atoms with van der Waals surface area (Å²) in [6, 6.07) is 8.12. The molecule has 0 unspecified atom stereocenters. The molecule has 0 radical (unpaired) electrons. The van der Waals surface area contributed by atoms with Gasteiger partial charge in [-0.25, -0.2) is 12.8 Å². The molecule has 23 heavy (non-hydrogen) atoms. The number of aryl methyl sites for hydroxylation is 1. The fraction of sp³-hybridized carbons (Fsp3) is 0.294. The average molecular weight is 333 g/mol. The zero-order valence-electron chi connectivity index (χ0n) is 12.7. The van der Waals surface area contributed by atoms with Crippen LogP contribution in [0.25, 0.3) is 11.1 Å². The highest BCUT2D eigenvalue weighted by atomic mass is 32.2. The van der Waals surface area contributed by atoms with E-state index in [0.717, 1.165) is 17.5 Å². The third kappa shape index (κ3) is 2.24. The second kappa shape index (κ2) is 5.04. The molecule has 1 fully saturated rings. The summed E-state index contributed by atoms with van der Waals surface area (Å²) < 4.78 is 46.0. The van der Waals surface area contributed by atoms with Crippen LogP contribution in [0.15, 0.2) is 35.2 Å². The summed E-state index contributed by atoms with van der Waals surface area (Å²) in [4.78, 5) is 0.274. The molecule has 0 atom stereocenters. The summed E-state index contributed by atoms with van der Waals surface area (Å²) in [5.41, 5.74) is 2.79. The van der Waals surface area contributed by atoms with Crippen molar-refractivity contribution in [3.63, 3.8) is 0 Å². The van der Waals surface area contributed by atoms with Crippen LogP contribution >= 0.6 is 0 Å². The first-order chi connectivity index (χ1) is 11.0. The van der Waals surface area contributed by atoms with Crippen LogP contribution in [0.3, 0.4) is 0 Å². The molecule has 2 aliphatic heterocycles. The Hall–Kier alpha value is -1.92. The number of benzene rings is 2. The molecule has 0 saturated carbocycles. The highest BCUT2D eigenvalue weighted by Gasteiger charge is 2.30. The minimum Gasteiger partial charge on any atom is -0.488 e. The van der Waals surface area contributed by atoms with Crippen LogP contribution in [0.1, 0.15) is 17.5 Å². The zero-order valence-corrected chi connectivity index (χ0v) is 13.5. The second-order valence-corrected chi connectivity index (χ2v) is 7.90. The van der Waals surface area contributed by atoms with Crippen molar-refractivity contribution in [3.8, 4) is 16.9 Å². The number of hydrogen-bond donors (Lipinski definition) is 0. The minimum atomic E-state index is -3.42. The average Bonchev–Trinajstić information content (AvgIpc) is 2.45. The molecule has 0 amide bonds. The van der Waals surface area contributed by atoms with E-state index in [2.05, 4.69) is 0 Å². The fourth-order valence-corrected chi connectivity index (χ4v) is 4.50. The van der Waals surface area contributed by atoms with E-state index in [1.807, 2.05) is 0 Å². The number of ether oxygens (including phenoxy) is 1. The Morgan fingerprint density at radius 2 is 1.91 bits per heavy atom. The molecule has 2 heterocycles. The van der Waals surface area contributed by atoms with Gasteiger partial charge in [0.2, 0.25) is 10.0 Å². The summed E-state index contributed by atoms with van der Waals surface area (Å²) in [5, 5.41) is 0. The highest BCUT2D eigenvalue weighted by molar-refractivity contribution is 7.89. The van der Waals surface area contributed by atoms with Crippen molar-refractivity contribution in [2.45, 2.75) is 24.8 Å². The Balaban J connectivity index is 1.81. The maximum absolute atomic E-state index is 13.9. The first-order valence-corrected chi connectivity index (χ1v) is 8.97. The summed E-state index contributed by atoms with van der Waals surface area (Å²) in [6.07, 6.45) is 0.902. The van der Waals surface area contributed by atoms with E-state index in [4.69, 9.17) is 4.74 Å².